The zero-order chi connectivity index (χ0) is 23.3. The molecule has 0 aliphatic carbocycles. The molecule has 0 amide bonds. The molecule has 1 unspecified atom stereocenters. The van der Waals surface area contributed by atoms with E-state index in [0.717, 1.165) is 28.8 Å². The number of fused-ring (bicyclic) bond motifs is 2. The lowest BCUT2D eigenvalue weighted by Crippen LogP contribution is -2.25. The second-order valence-corrected chi connectivity index (χ2v) is 10.4. The van der Waals surface area contributed by atoms with Gasteiger partial charge in [0.1, 0.15) is 12.4 Å². The van der Waals surface area contributed by atoms with E-state index in [4.69, 9.17) is 4.42 Å². The summed E-state index contributed by atoms with van der Waals surface area (Å²) in [6.07, 6.45) is 3.83. The first-order valence-electron chi connectivity index (χ1n) is 11.0. The molecule has 2 aromatic carbocycles. The van der Waals surface area contributed by atoms with E-state index in [2.05, 4.69) is 21.4 Å². The van der Waals surface area contributed by atoms with Crippen LogP contribution in [0.2, 0.25) is 0 Å². The highest BCUT2D eigenvalue weighted by molar-refractivity contribution is 7.89. The molecular formula is C25H22N4O4S. The van der Waals surface area contributed by atoms with Crippen LogP contribution in [0.15, 0.2) is 76.5 Å². The maximum Gasteiger partial charge on any atom is 0.243 e. The van der Waals surface area contributed by atoms with E-state index < -0.39 is 16.1 Å². The van der Waals surface area contributed by atoms with E-state index in [9.17, 15) is 13.5 Å². The summed E-state index contributed by atoms with van der Waals surface area (Å²) >= 11 is 0. The van der Waals surface area contributed by atoms with E-state index in [1.807, 2.05) is 18.2 Å². The van der Waals surface area contributed by atoms with Crippen molar-refractivity contribution in [3.8, 4) is 11.5 Å². The summed E-state index contributed by atoms with van der Waals surface area (Å²) in [5.74, 6) is 0.439. The molecule has 0 saturated carbocycles. The van der Waals surface area contributed by atoms with E-state index in [-0.39, 0.29) is 18.0 Å². The Balaban J connectivity index is 1.24. The lowest BCUT2D eigenvalue weighted by Gasteiger charge is -2.16. The third-order valence-electron chi connectivity index (χ3n) is 6.47. The summed E-state index contributed by atoms with van der Waals surface area (Å²) in [7, 11) is -3.70. The molecule has 0 saturated heterocycles. The van der Waals surface area contributed by atoms with Gasteiger partial charge in [0.05, 0.1) is 16.8 Å². The second kappa shape index (κ2) is 8.14. The molecule has 172 valence electrons. The molecule has 34 heavy (non-hydrogen) atoms. The molecule has 2 aliphatic rings. The number of nitrogens with zero attached hydrogens (tertiary/aromatic N) is 3. The number of pyridine rings is 1. The average Bonchev–Trinajstić information content (AvgIpc) is 3.63. The topological polar surface area (TPSA) is 109 Å². The molecule has 0 spiro atoms. The number of hydrogen-bond acceptors (Lipinski definition) is 7. The van der Waals surface area contributed by atoms with Crippen molar-refractivity contribution in [1.82, 2.24) is 19.6 Å². The SMILES string of the molecule is O=S(=O)(c1ccc(-c2ncco2)cc1)N1Cc2cnc(C(O)c3cccc4c3CNC4)cc2C1. The highest BCUT2D eigenvalue weighted by atomic mass is 32.2. The first kappa shape index (κ1) is 21.2. The van der Waals surface area contributed by atoms with Gasteiger partial charge in [-0.2, -0.15) is 4.31 Å². The van der Waals surface area contributed by atoms with Crippen LogP contribution in [-0.2, 0) is 36.2 Å². The summed E-state index contributed by atoms with van der Waals surface area (Å²) in [4.78, 5) is 8.77. The fourth-order valence-electron chi connectivity index (χ4n) is 4.65. The molecule has 0 radical (unpaired) electrons. The molecule has 6 rings (SSSR count). The molecule has 2 aliphatic heterocycles. The zero-order valence-corrected chi connectivity index (χ0v) is 19.0. The Kier molecular flexibility index (Phi) is 5.07. The summed E-state index contributed by atoms with van der Waals surface area (Å²) < 4.78 is 33.3. The standard InChI is InChI=1S/C25H22N4O4S/c30-24(21-3-1-2-17-11-26-13-22(17)21)23-10-18-14-29(15-19(18)12-28-23)34(31,32)20-6-4-16(5-7-20)25-27-8-9-33-25/h1-10,12,24,26,30H,11,13-15H2. The molecule has 1 atom stereocenters. The van der Waals surface area contributed by atoms with Crippen LogP contribution in [-0.4, -0.2) is 27.8 Å². The fourth-order valence-corrected chi connectivity index (χ4v) is 6.04. The number of benzene rings is 2. The van der Waals surface area contributed by atoms with Crippen LogP contribution in [0.1, 0.15) is 39.6 Å². The fraction of sp³-hybridized carbons (Fsp3) is 0.200. The molecule has 2 aromatic heterocycles. The molecule has 0 fully saturated rings. The number of nitrogens with one attached hydrogen (secondary N) is 1. The largest absolute Gasteiger partial charge is 0.445 e. The third-order valence-corrected chi connectivity index (χ3v) is 8.28. The Labute approximate surface area is 197 Å². The quantitative estimate of drug-likeness (QED) is 0.457. The van der Waals surface area contributed by atoms with Crippen molar-refractivity contribution in [3.63, 3.8) is 0 Å². The van der Waals surface area contributed by atoms with Gasteiger partial charge in [-0.15, -0.1) is 0 Å². The maximum atomic E-state index is 13.3. The highest BCUT2D eigenvalue weighted by Crippen LogP contribution is 2.33. The van der Waals surface area contributed by atoms with Crippen molar-refractivity contribution >= 4 is 10.0 Å². The van der Waals surface area contributed by atoms with Crippen molar-refractivity contribution in [2.75, 3.05) is 0 Å². The normalized spacial score (nSPS) is 16.4. The Bertz CT molecular complexity index is 1470. The molecule has 4 aromatic rings. The number of sulfonamides is 1. The number of oxazole rings is 1. The van der Waals surface area contributed by atoms with Crippen LogP contribution in [0.5, 0.6) is 0 Å². The Hall–Kier alpha value is -3.37. The van der Waals surface area contributed by atoms with Crippen molar-refractivity contribution in [3.05, 3.63) is 101 Å². The van der Waals surface area contributed by atoms with Crippen LogP contribution in [0.3, 0.4) is 0 Å². The zero-order valence-electron chi connectivity index (χ0n) is 18.2. The van der Waals surface area contributed by atoms with Gasteiger partial charge in [-0.1, -0.05) is 18.2 Å². The Morgan fingerprint density at radius 3 is 2.62 bits per heavy atom. The van der Waals surface area contributed by atoms with Gasteiger partial charge < -0.3 is 14.8 Å². The minimum Gasteiger partial charge on any atom is -0.445 e. The van der Waals surface area contributed by atoms with E-state index >= 15 is 0 Å². The lowest BCUT2D eigenvalue weighted by molar-refractivity contribution is 0.214. The summed E-state index contributed by atoms with van der Waals surface area (Å²) in [5, 5.41) is 14.4. The highest BCUT2D eigenvalue weighted by Gasteiger charge is 2.32. The third kappa shape index (κ3) is 3.54. The molecule has 4 heterocycles. The van der Waals surface area contributed by atoms with E-state index in [0.29, 0.717) is 23.7 Å². The monoisotopic (exact) mass is 474 g/mol. The number of aliphatic hydroxyl groups is 1. The first-order valence-corrected chi connectivity index (χ1v) is 12.4. The summed E-state index contributed by atoms with van der Waals surface area (Å²) in [5.41, 5.74) is 6.06. The predicted molar refractivity (Wildman–Crippen MR) is 124 cm³/mol. The number of aromatic nitrogens is 2. The predicted octanol–water partition coefficient (Wildman–Crippen LogP) is 3.13. The van der Waals surface area contributed by atoms with Gasteiger partial charge in [-0.3, -0.25) is 4.98 Å². The van der Waals surface area contributed by atoms with Gasteiger partial charge in [-0.05, 0) is 58.1 Å². The number of aliphatic hydroxyl groups excluding tert-OH is 1. The van der Waals surface area contributed by atoms with Gasteiger partial charge in [0.2, 0.25) is 15.9 Å². The lowest BCUT2D eigenvalue weighted by atomic mass is 9.96. The Morgan fingerprint density at radius 2 is 1.82 bits per heavy atom. The molecular weight excluding hydrogens is 452 g/mol. The van der Waals surface area contributed by atoms with Crippen LogP contribution in [0.4, 0.5) is 0 Å². The summed E-state index contributed by atoms with van der Waals surface area (Å²) in [6.45, 7) is 1.98. The van der Waals surface area contributed by atoms with Crippen molar-refractivity contribution in [2.24, 2.45) is 0 Å². The maximum absolute atomic E-state index is 13.3. The smallest absolute Gasteiger partial charge is 0.243 e. The average molecular weight is 475 g/mol. The first-order chi connectivity index (χ1) is 16.5. The molecule has 2 N–H and O–H groups in total. The van der Waals surface area contributed by atoms with Crippen LogP contribution >= 0.6 is 0 Å². The summed E-state index contributed by atoms with van der Waals surface area (Å²) in [6, 6.07) is 14.2. The number of hydrogen-bond donors (Lipinski definition) is 2. The molecule has 0 bridgehead atoms. The Morgan fingerprint density at radius 1 is 1.00 bits per heavy atom. The van der Waals surface area contributed by atoms with Crippen molar-refractivity contribution < 1.29 is 17.9 Å². The van der Waals surface area contributed by atoms with Crippen LogP contribution in [0.25, 0.3) is 11.5 Å². The van der Waals surface area contributed by atoms with Gasteiger partial charge >= 0.3 is 0 Å². The van der Waals surface area contributed by atoms with Crippen molar-refractivity contribution in [2.45, 2.75) is 37.2 Å². The van der Waals surface area contributed by atoms with Crippen LogP contribution in [0, 0.1) is 0 Å². The van der Waals surface area contributed by atoms with E-state index in [1.165, 1.54) is 16.1 Å². The van der Waals surface area contributed by atoms with Gasteiger partial charge in [0, 0.05) is 37.9 Å². The van der Waals surface area contributed by atoms with Crippen molar-refractivity contribution in [1.29, 1.82) is 0 Å². The minimum absolute atomic E-state index is 0.205. The van der Waals surface area contributed by atoms with Gasteiger partial charge in [-0.25, -0.2) is 13.4 Å². The van der Waals surface area contributed by atoms with Gasteiger partial charge in [0.25, 0.3) is 0 Å². The minimum atomic E-state index is -3.70. The molecule has 9 heteroatoms. The van der Waals surface area contributed by atoms with Crippen LogP contribution < -0.4 is 5.32 Å². The van der Waals surface area contributed by atoms with Gasteiger partial charge in [0.15, 0.2) is 0 Å². The molecule has 8 nitrogen and oxygen atoms in total. The van der Waals surface area contributed by atoms with E-state index in [1.54, 1.807) is 36.7 Å². The second-order valence-electron chi connectivity index (χ2n) is 8.50. The number of rotatable bonds is 5.